The van der Waals surface area contributed by atoms with Gasteiger partial charge in [-0.3, -0.25) is 0 Å². The van der Waals surface area contributed by atoms with Crippen molar-refractivity contribution in [1.82, 2.24) is 5.09 Å². The molecular weight excluding hydrogens is 220 g/mol. The van der Waals surface area contributed by atoms with Gasteiger partial charge in [0, 0.05) is 0 Å². The average Bonchev–Trinajstić information content (AvgIpc) is 1.61. The van der Waals surface area contributed by atoms with Gasteiger partial charge in [-0.25, -0.2) is 0 Å². The molecule has 0 aromatic heterocycles. The largest absolute Gasteiger partial charge is 0.301 e. The van der Waals surface area contributed by atoms with Crippen LogP contribution in [0.2, 0.25) is 0 Å². The summed E-state index contributed by atoms with van der Waals surface area (Å²) in [6, 6.07) is 0. The van der Waals surface area contributed by atoms with E-state index in [2.05, 4.69) is 21.4 Å². The van der Waals surface area contributed by atoms with Crippen molar-refractivity contribution in [3.05, 3.63) is 0 Å². The number of nitrogens with one attached hydrogen (secondary N) is 1. The first-order valence-electron chi connectivity index (χ1n) is 2.35. The first-order valence-corrected chi connectivity index (χ1v) is 2.93. The third kappa shape index (κ3) is 11.0. The molecule has 0 fully saturated rings. The summed E-state index contributed by atoms with van der Waals surface area (Å²) in [6.45, 7) is 3.31. The highest BCUT2D eigenvalue weighted by molar-refractivity contribution is 14.0. The van der Waals surface area contributed by atoms with E-state index in [1.807, 2.05) is 0 Å². The molecule has 0 rings (SSSR count). The van der Waals surface area contributed by atoms with Crippen LogP contribution in [0.4, 0.5) is 0 Å². The second kappa shape index (κ2) is 10.2. The van der Waals surface area contributed by atoms with Gasteiger partial charge in [-0.15, -0.1) is 24.0 Å². The van der Waals surface area contributed by atoms with Gasteiger partial charge < -0.3 is 5.09 Å². The summed E-state index contributed by atoms with van der Waals surface area (Å²) in [6.07, 6.45) is 2.56. The molecule has 0 saturated heterocycles. The van der Waals surface area contributed by atoms with Crippen molar-refractivity contribution in [3.8, 4) is 0 Å². The first-order chi connectivity index (χ1) is 2.91. The van der Waals surface area contributed by atoms with E-state index in [1.54, 1.807) is 0 Å². The molecule has 1 nitrogen and oxygen atoms in total. The number of rotatable bonds is 3. The molecule has 0 aliphatic rings. The minimum absolute atomic E-state index is 0. The van der Waals surface area contributed by atoms with Gasteiger partial charge in [0.2, 0.25) is 0 Å². The Morgan fingerprint density at radius 2 is 2.14 bits per heavy atom. The van der Waals surface area contributed by atoms with E-state index in [0.29, 0.717) is 0 Å². The molecule has 0 aromatic carbocycles. The minimum atomic E-state index is 0. The van der Waals surface area contributed by atoms with E-state index in [0.717, 1.165) is 6.54 Å². The van der Waals surface area contributed by atoms with Gasteiger partial charge in [-0.2, -0.15) is 0 Å². The SMILES string of the molecule is CCCCNP.I. The average molecular weight is 233 g/mol. The number of halogens is 1. The number of unbranched alkanes of at least 4 members (excludes halogenated alkanes) is 1. The Morgan fingerprint density at radius 3 is 2.29 bits per heavy atom. The Kier molecular flexibility index (Phi) is 16.0. The number of hydrogen-bond acceptors (Lipinski definition) is 1. The van der Waals surface area contributed by atoms with Crippen molar-refractivity contribution in [2.24, 2.45) is 0 Å². The number of hydrogen-bond donors (Lipinski definition) is 1. The van der Waals surface area contributed by atoms with Crippen LogP contribution < -0.4 is 5.09 Å². The summed E-state index contributed by atoms with van der Waals surface area (Å²) in [5.74, 6) is 0. The molecule has 46 valence electrons. The van der Waals surface area contributed by atoms with Crippen molar-refractivity contribution >= 4 is 33.4 Å². The van der Waals surface area contributed by atoms with Crippen molar-refractivity contribution in [2.75, 3.05) is 6.54 Å². The lowest BCUT2D eigenvalue weighted by molar-refractivity contribution is 0.776. The Labute approximate surface area is 64.9 Å². The molecule has 0 aliphatic carbocycles. The van der Waals surface area contributed by atoms with E-state index in [1.165, 1.54) is 12.8 Å². The van der Waals surface area contributed by atoms with Crippen LogP contribution in [0.15, 0.2) is 0 Å². The summed E-state index contributed by atoms with van der Waals surface area (Å²) in [7, 11) is 2.48. The van der Waals surface area contributed by atoms with Gasteiger partial charge >= 0.3 is 0 Å². The van der Waals surface area contributed by atoms with Crippen molar-refractivity contribution in [1.29, 1.82) is 0 Å². The summed E-state index contributed by atoms with van der Waals surface area (Å²) in [5, 5.41) is 2.99. The maximum atomic E-state index is 2.99. The van der Waals surface area contributed by atoms with Crippen LogP contribution in [0.5, 0.6) is 0 Å². The third-order valence-electron chi connectivity index (χ3n) is 0.675. The Morgan fingerprint density at radius 1 is 1.57 bits per heavy atom. The fourth-order valence-electron chi connectivity index (χ4n) is 0.279. The molecule has 0 amide bonds. The monoisotopic (exact) mass is 233 g/mol. The Hall–Kier alpha value is 1.12. The van der Waals surface area contributed by atoms with Gasteiger partial charge in [0.15, 0.2) is 0 Å². The molecule has 7 heavy (non-hydrogen) atoms. The topological polar surface area (TPSA) is 12.0 Å². The van der Waals surface area contributed by atoms with Gasteiger partial charge in [-0.05, 0) is 13.0 Å². The molecule has 0 aromatic rings. The first kappa shape index (κ1) is 11.0. The summed E-state index contributed by atoms with van der Waals surface area (Å²) < 4.78 is 0. The van der Waals surface area contributed by atoms with Crippen LogP contribution in [0.1, 0.15) is 19.8 Å². The second-order valence-corrected chi connectivity index (χ2v) is 1.72. The van der Waals surface area contributed by atoms with E-state index in [-0.39, 0.29) is 24.0 Å². The van der Waals surface area contributed by atoms with Crippen molar-refractivity contribution in [3.63, 3.8) is 0 Å². The van der Waals surface area contributed by atoms with Gasteiger partial charge in [0.25, 0.3) is 0 Å². The zero-order chi connectivity index (χ0) is 4.83. The van der Waals surface area contributed by atoms with Crippen LogP contribution in [-0.2, 0) is 0 Å². The van der Waals surface area contributed by atoms with E-state index in [9.17, 15) is 0 Å². The third-order valence-corrected chi connectivity index (χ3v) is 0.963. The quantitative estimate of drug-likeness (QED) is 0.445. The molecule has 0 spiro atoms. The molecule has 0 radical (unpaired) electrons. The summed E-state index contributed by atoms with van der Waals surface area (Å²) >= 11 is 0. The van der Waals surface area contributed by atoms with Crippen LogP contribution in [-0.4, -0.2) is 6.54 Å². The lowest BCUT2D eigenvalue weighted by Gasteiger charge is -1.89. The zero-order valence-corrected chi connectivity index (χ0v) is 8.09. The summed E-state index contributed by atoms with van der Waals surface area (Å²) in [5.41, 5.74) is 0. The predicted molar refractivity (Wildman–Crippen MR) is 48.0 cm³/mol. The highest BCUT2D eigenvalue weighted by Gasteiger charge is 1.73. The Bertz CT molecular complexity index is 23.7. The fraction of sp³-hybridized carbons (Fsp3) is 1.00. The normalized spacial score (nSPS) is 7.71. The molecule has 0 saturated carbocycles. The molecular formula is C4H13INP. The van der Waals surface area contributed by atoms with Crippen LogP contribution >= 0.6 is 33.4 Å². The van der Waals surface area contributed by atoms with Crippen LogP contribution in [0.25, 0.3) is 0 Å². The van der Waals surface area contributed by atoms with E-state index >= 15 is 0 Å². The standard InChI is InChI=1S/C4H12NP.HI/c1-2-3-4-5-6;/h5H,2-4,6H2,1H3;1H. The van der Waals surface area contributed by atoms with E-state index in [4.69, 9.17) is 0 Å². The van der Waals surface area contributed by atoms with Crippen LogP contribution in [0.3, 0.4) is 0 Å². The van der Waals surface area contributed by atoms with Gasteiger partial charge in [-0.1, -0.05) is 22.7 Å². The molecule has 0 heterocycles. The predicted octanol–water partition coefficient (Wildman–Crippen LogP) is 1.78. The molecule has 0 bridgehead atoms. The fourth-order valence-corrected chi connectivity index (χ4v) is 0.483. The highest BCUT2D eigenvalue weighted by Crippen LogP contribution is 1.82. The van der Waals surface area contributed by atoms with Gasteiger partial charge in [0.1, 0.15) is 0 Å². The lowest BCUT2D eigenvalue weighted by Crippen LogP contribution is -1.97. The highest BCUT2D eigenvalue weighted by atomic mass is 127. The maximum Gasteiger partial charge on any atom is -0.00145 e. The molecule has 3 heteroatoms. The van der Waals surface area contributed by atoms with Crippen molar-refractivity contribution < 1.29 is 0 Å². The molecule has 0 aliphatic heterocycles. The maximum absolute atomic E-state index is 2.99. The zero-order valence-electron chi connectivity index (χ0n) is 4.61. The lowest BCUT2D eigenvalue weighted by atomic mass is 10.3. The van der Waals surface area contributed by atoms with E-state index < -0.39 is 0 Å². The Balaban J connectivity index is 0. The van der Waals surface area contributed by atoms with Gasteiger partial charge in [0.05, 0.1) is 0 Å². The molecule has 1 atom stereocenters. The summed E-state index contributed by atoms with van der Waals surface area (Å²) in [4.78, 5) is 0. The minimum Gasteiger partial charge on any atom is -0.301 e. The van der Waals surface area contributed by atoms with Crippen molar-refractivity contribution in [2.45, 2.75) is 19.8 Å². The molecule has 1 unspecified atom stereocenters. The van der Waals surface area contributed by atoms with Crippen LogP contribution in [0, 0.1) is 0 Å². The molecule has 1 N–H and O–H groups in total. The smallest absolute Gasteiger partial charge is 0.00145 e. The second-order valence-electron chi connectivity index (χ2n) is 1.31.